The van der Waals surface area contributed by atoms with E-state index in [1.165, 1.54) is 13.2 Å². The van der Waals surface area contributed by atoms with Crippen LogP contribution >= 0.6 is 11.6 Å². The first-order valence-corrected chi connectivity index (χ1v) is 5.57. The largest absolute Gasteiger partial charge is 0.464 e. The van der Waals surface area contributed by atoms with E-state index >= 15 is 0 Å². The van der Waals surface area contributed by atoms with E-state index in [1.807, 2.05) is 0 Å². The number of halogens is 1. The number of hydrogen-bond donors (Lipinski definition) is 1. The molecule has 18 heavy (non-hydrogen) atoms. The standard InChI is InChI=1S/C13H10ClNO3/c1-18-13(17)11-7-6-10(12(16)15-11)8-2-4-9(14)5-3-8/h2-7H,1H3,(H,15,16). The highest BCUT2D eigenvalue weighted by atomic mass is 35.5. The van der Waals surface area contributed by atoms with Crippen molar-refractivity contribution in [3.8, 4) is 11.1 Å². The third kappa shape index (κ3) is 2.43. The Morgan fingerprint density at radius 3 is 2.39 bits per heavy atom. The molecule has 0 spiro atoms. The quantitative estimate of drug-likeness (QED) is 0.847. The minimum Gasteiger partial charge on any atom is -0.464 e. The van der Waals surface area contributed by atoms with Crippen LogP contribution in [0.25, 0.3) is 11.1 Å². The molecule has 4 nitrogen and oxygen atoms in total. The normalized spacial score (nSPS) is 10.1. The van der Waals surface area contributed by atoms with Gasteiger partial charge >= 0.3 is 5.97 Å². The van der Waals surface area contributed by atoms with Crippen molar-refractivity contribution in [2.75, 3.05) is 7.11 Å². The van der Waals surface area contributed by atoms with Crippen molar-refractivity contribution in [1.82, 2.24) is 4.98 Å². The van der Waals surface area contributed by atoms with Gasteiger partial charge in [0.15, 0.2) is 0 Å². The van der Waals surface area contributed by atoms with Gasteiger partial charge in [0.2, 0.25) is 0 Å². The van der Waals surface area contributed by atoms with Crippen molar-refractivity contribution in [2.24, 2.45) is 0 Å². The number of ether oxygens (including phenoxy) is 1. The van der Waals surface area contributed by atoms with Crippen molar-refractivity contribution < 1.29 is 9.53 Å². The highest BCUT2D eigenvalue weighted by molar-refractivity contribution is 6.30. The Labute approximate surface area is 108 Å². The predicted octanol–water partition coefficient (Wildman–Crippen LogP) is 2.48. The van der Waals surface area contributed by atoms with Crippen LogP contribution < -0.4 is 5.56 Å². The summed E-state index contributed by atoms with van der Waals surface area (Å²) in [6, 6.07) is 9.97. The van der Waals surface area contributed by atoms with Crippen molar-refractivity contribution in [3.05, 3.63) is 57.5 Å². The molecule has 0 atom stereocenters. The fraction of sp³-hybridized carbons (Fsp3) is 0.0769. The minimum absolute atomic E-state index is 0.125. The second-order valence-corrected chi connectivity index (χ2v) is 4.05. The van der Waals surface area contributed by atoms with Gasteiger partial charge in [-0.15, -0.1) is 0 Å². The van der Waals surface area contributed by atoms with Crippen molar-refractivity contribution in [2.45, 2.75) is 0 Å². The predicted molar refractivity (Wildman–Crippen MR) is 68.8 cm³/mol. The highest BCUT2D eigenvalue weighted by Crippen LogP contribution is 2.18. The van der Waals surface area contributed by atoms with Crippen LogP contribution in [0.1, 0.15) is 10.5 Å². The van der Waals surface area contributed by atoms with Crippen LogP contribution in [-0.2, 0) is 4.74 Å². The molecule has 92 valence electrons. The Hall–Kier alpha value is -2.07. The smallest absolute Gasteiger partial charge is 0.354 e. The number of aromatic nitrogens is 1. The van der Waals surface area contributed by atoms with Crippen LogP contribution in [0.3, 0.4) is 0 Å². The molecule has 2 rings (SSSR count). The first-order valence-electron chi connectivity index (χ1n) is 5.19. The van der Waals surface area contributed by atoms with Crippen molar-refractivity contribution in [3.63, 3.8) is 0 Å². The van der Waals surface area contributed by atoms with Gasteiger partial charge in [-0.2, -0.15) is 0 Å². The lowest BCUT2D eigenvalue weighted by atomic mass is 10.1. The maximum atomic E-state index is 11.8. The van der Waals surface area contributed by atoms with Gasteiger partial charge in [-0.25, -0.2) is 4.79 Å². The monoisotopic (exact) mass is 263 g/mol. The third-order valence-corrected chi connectivity index (χ3v) is 2.72. The van der Waals surface area contributed by atoms with Gasteiger partial charge in [-0.3, -0.25) is 4.79 Å². The zero-order chi connectivity index (χ0) is 13.1. The zero-order valence-electron chi connectivity index (χ0n) is 9.57. The van der Waals surface area contributed by atoms with Crippen LogP contribution in [0.4, 0.5) is 0 Å². The van der Waals surface area contributed by atoms with E-state index in [2.05, 4.69) is 9.72 Å². The van der Waals surface area contributed by atoms with Gasteiger partial charge in [-0.1, -0.05) is 23.7 Å². The number of methoxy groups -OCH3 is 1. The topological polar surface area (TPSA) is 59.2 Å². The number of esters is 1. The average molecular weight is 264 g/mol. The van der Waals surface area contributed by atoms with E-state index in [9.17, 15) is 9.59 Å². The summed E-state index contributed by atoms with van der Waals surface area (Å²) < 4.78 is 4.53. The summed E-state index contributed by atoms with van der Waals surface area (Å²) >= 11 is 5.78. The Balaban J connectivity index is 2.45. The van der Waals surface area contributed by atoms with Gasteiger partial charge in [0.05, 0.1) is 7.11 Å². The lowest BCUT2D eigenvalue weighted by Gasteiger charge is -2.03. The van der Waals surface area contributed by atoms with E-state index in [0.29, 0.717) is 10.6 Å². The lowest BCUT2D eigenvalue weighted by Crippen LogP contribution is -2.15. The van der Waals surface area contributed by atoms with E-state index in [-0.39, 0.29) is 11.3 Å². The van der Waals surface area contributed by atoms with E-state index in [4.69, 9.17) is 11.6 Å². The summed E-state index contributed by atoms with van der Waals surface area (Å²) in [6.45, 7) is 0. The summed E-state index contributed by atoms with van der Waals surface area (Å²) in [5, 5.41) is 0.598. The summed E-state index contributed by atoms with van der Waals surface area (Å²) in [4.78, 5) is 25.6. The number of H-pyrrole nitrogens is 1. The van der Waals surface area contributed by atoms with Crippen LogP contribution in [0.15, 0.2) is 41.2 Å². The lowest BCUT2D eigenvalue weighted by molar-refractivity contribution is 0.0594. The Kier molecular flexibility index (Phi) is 3.48. The molecule has 0 aliphatic heterocycles. The molecule has 1 N–H and O–H groups in total. The van der Waals surface area contributed by atoms with Crippen LogP contribution in [0.2, 0.25) is 5.02 Å². The summed E-state index contributed by atoms with van der Waals surface area (Å²) in [7, 11) is 1.26. The number of carbonyl (C=O) groups excluding carboxylic acids is 1. The molecular weight excluding hydrogens is 254 g/mol. The van der Waals surface area contributed by atoms with E-state index in [0.717, 1.165) is 5.56 Å². The number of nitrogens with one attached hydrogen (secondary N) is 1. The SMILES string of the molecule is COC(=O)c1ccc(-c2ccc(Cl)cc2)c(=O)[nH]1. The van der Waals surface area contributed by atoms with E-state index in [1.54, 1.807) is 30.3 Å². The Bertz CT molecular complexity index is 631. The minimum atomic E-state index is -0.574. The molecule has 0 aliphatic carbocycles. The molecule has 0 saturated carbocycles. The molecule has 0 aliphatic rings. The number of aromatic amines is 1. The molecule has 0 amide bonds. The summed E-state index contributed by atoms with van der Waals surface area (Å²) in [6.07, 6.45) is 0. The molecular formula is C13H10ClNO3. The first kappa shape index (κ1) is 12.4. The third-order valence-electron chi connectivity index (χ3n) is 2.47. The number of pyridine rings is 1. The van der Waals surface area contributed by atoms with Crippen LogP contribution in [0, 0.1) is 0 Å². The zero-order valence-corrected chi connectivity index (χ0v) is 10.3. The highest BCUT2D eigenvalue weighted by Gasteiger charge is 2.09. The summed E-state index contributed by atoms with van der Waals surface area (Å²) in [5.74, 6) is -0.574. The number of rotatable bonds is 2. The van der Waals surface area contributed by atoms with Gasteiger partial charge in [0.25, 0.3) is 5.56 Å². The Morgan fingerprint density at radius 2 is 1.83 bits per heavy atom. The fourth-order valence-electron chi connectivity index (χ4n) is 1.56. The second-order valence-electron chi connectivity index (χ2n) is 3.61. The van der Waals surface area contributed by atoms with Crippen LogP contribution in [-0.4, -0.2) is 18.1 Å². The maximum absolute atomic E-state index is 11.8. The average Bonchev–Trinajstić information content (AvgIpc) is 2.39. The second kappa shape index (κ2) is 5.06. The van der Waals surface area contributed by atoms with Gasteiger partial charge < -0.3 is 9.72 Å². The molecule has 0 saturated heterocycles. The fourth-order valence-corrected chi connectivity index (χ4v) is 1.69. The molecule has 5 heteroatoms. The molecule has 0 unspecified atom stereocenters. The molecule has 0 fully saturated rings. The van der Waals surface area contributed by atoms with Crippen molar-refractivity contribution in [1.29, 1.82) is 0 Å². The molecule has 0 bridgehead atoms. The molecule has 1 aromatic heterocycles. The van der Waals surface area contributed by atoms with Crippen molar-refractivity contribution >= 4 is 17.6 Å². The number of benzene rings is 1. The number of carbonyl (C=O) groups is 1. The van der Waals surface area contributed by atoms with Gasteiger partial charge in [0.1, 0.15) is 5.69 Å². The van der Waals surface area contributed by atoms with E-state index < -0.39 is 5.97 Å². The Morgan fingerprint density at radius 1 is 1.17 bits per heavy atom. The van der Waals surface area contributed by atoms with Crippen LogP contribution in [0.5, 0.6) is 0 Å². The molecule has 1 aromatic carbocycles. The van der Waals surface area contributed by atoms with Gasteiger partial charge in [0, 0.05) is 10.6 Å². The maximum Gasteiger partial charge on any atom is 0.354 e. The summed E-state index contributed by atoms with van der Waals surface area (Å²) in [5.41, 5.74) is 0.983. The number of hydrogen-bond acceptors (Lipinski definition) is 3. The first-order chi connectivity index (χ1) is 8.61. The van der Waals surface area contributed by atoms with Gasteiger partial charge in [-0.05, 0) is 29.8 Å². The molecule has 0 radical (unpaired) electrons. The molecule has 2 aromatic rings. The molecule has 1 heterocycles.